The molecule has 5 heteroatoms. The van der Waals surface area contributed by atoms with Crippen LogP contribution >= 0.6 is 11.3 Å². The molecule has 0 amide bonds. The fourth-order valence-corrected chi connectivity index (χ4v) is 3.79. The minimum Gasteiger partial charge on any atom is -0.308 e. The second-order valence-electron chi connectivity index (χ2n) is 4.92. The molecule has 3 N–H and O–H groups in total. The second kappa shape index (κ2) is 4.48. The summed E-state index contributed by atoms with van der Waals surface area (Å²) in [5.74, 6) is 7.72. The van der Waals surface area contributed by atoms with Crippen molar-refractivity contribution in [1.29, 1.82) is 0 Å². The average molecular weight is 262 g/mol. The molecule has 1 aliphatic carbocycles. The zero-order valence-electron chi connectivity index (χ0n) is 10.8. The fourth-order valence-electron chi connectivity index (χ4n) is 2.52. The highest BCUT2D eigenvalue weighted by Crippen LogP contribution is 2.39. The molecule has 0 saturated carbocycles. The summed E-state index contributed by atoms with van der Waals surface area (Å²) in [7, 11) is 0. The molecule has 0 aliphatic heterocycles. The van der Waals surface area contributed by atoms with E-state index in [9.17, 15) is 0 Å². The maximum atomic E-state index is 5.64. The van der Waals surface area contributed by atoms with Crippen LogP contribution < -0.4 is 11.3 Å². The Kier molecular flexibility index (Phi) is 2.95. The quantitative estimate of drug-likeness (QED) is 0.659. The maximum absolute atomic E-state index is 5.64. The van der Waals surface area contributed by atoms with Crippen molar-refractivity contribution in [3.05, 3.63) is 16.3 Å². The third-order valence-corrected chi connectivity index (χ3v) is 4.96. The van der Waals surface area contributed by atoms with Gasteiger partial charge in [0.2, 0.25) is 0 Å². The summed E-state index contributed by atoms with van der Waals surface area (Å²) < 4.78 is 0. The van der Waals surface area contributed by atoms with Gasteiger partial charge < -0.3 is 5.43 Å². The SMILES string of the molecule is CCC(C)c1nc(NN)c2c3c(sc2n1)CCC3. The highest BCUT2D eigenvalue weighted by molar-refractivity contribution is 7.19. The van der Waals surface area contributed by atoms with Gasteiger partial charge in [-0.2, -0.15) is 0 Å². The van der Waals surface area contributed by atoms with Crippen LogP contribution in [0.4, 0.5) is 5.82 Å². The van der Waals surface area contributed by atoms with Crippen molar-refractivity contribution in [2.45, 2.75) is 45.4 Å². The molecule has 2 heterocycles. The smallest absolute Gasteiger partial charge is 0.152 e. The van der Waals surface area contributed by atoms with Crippen LogP contribution in [-0.2, 0) is 12.8 Å². The number of hydrazine groups is 1. The molecule has 4 nitrogen and oxygen atoms in total. The van der Waals surface area contributed by atoms with E-state index in [-0.39, 0.29) is 0 Å². The number of nitrogens with zero attached hydrogens (tertiary/aromatic N) is 2. The van der Waals surface area contributed by atoms with E-state index >= 15 is 0 Å². The Balaban J connectivity index is 2.23. The molecule has 0 bridgehead atoms. The van der Waals surface area contributed by atoms with E-state index in [1.54, 1.807) is 0 Å². The van der Waals surface area contributed by atoms with Crippen LogP contribution in [-0.4, -0.2) is 9.97 Å². The van der Waals surface area contributed by atoms with Crippen LogP contribution in [0.5, 0.6) is 0 Å². The standard InChI is InChI=1S/C13H18N4S/c1-3-7(2)11-15-12(17-14)10-8-5-4-6-9(8)18-13(10)16-11/h7H,3-6,14H2,1-2H3,(H,15,16,17). The lowest BCUT2D eigenvalue weighted by atomic mass is 10.1. The van der Waals surface area contributed by atoms with Gasteiger partial charge in [-0.3, -0.25) is 0 Å². The molecule has 1 aliphatic rings. The van der Waals surface area contributed by atoms with Gasteiger partial charge in [0.1, 0.15) is 10.7 Å². The van der Waals surface area contributed by atoms with Crippen molar-refractivity contribution < 1.29 is 0 Å². The van der Waals surface area contributed by atoms with Crippen molar-refractivity contribution in [3.63, 3.8) is 0 Å². The van der Waals surface area contributed by atoms with Gasteiger partial charge in [-0.15, -0.1) is 11.3 Å². The van der Waals surface area contributed by atoms with Crippen molar-refractivity contribution in [3.8, 4) is 0 Å². The summed E-state index contributed by atoms with van der Waals surface area (Å²) >= 11 is 1.81. The summed E-state index contributed by atoms with van der Waals surface area (Å²) in [6, 6.07) is 0. The lowest BCUT2D eigenvalue weighted by molar-refractivity contribution is 0.684. The lowest BCUT2D eigenvalue weighted by Gasteiger charge is -2.10. The van der Waals surface area contributed by atoms with Crippen LogP contribution in [0.15, 0.2) is 0 Å². The van der Waals surface area contributed by atoms with Crippen molar-refractivity contribution in [2.75, 3.05) is 5.43 Å². The molecular weight excluding hydrogens is 244 g/mol. The van der Waals surface area contributed by atoms with E-state index in [2.05, 4.69) is 24.3 Å². The van der Waals surface area contributed by atoms with E-state index in [4.69, 9.17) is 10.8 Å². The van der Waals surface area contributed by atoms with Gasteiger partial charge in [0.15, 0.2) is 5.82 Å². The molecule has 96 valence electrons. The highest BCUT2D eigenvalue weighted by atomic mass is 32.1. The normalized spacial score (nSPS) is 15.9. The van der Waals surface area contributed by atoms with Crippen molar-refractivity contribution >= 4 is 27.4 Å². The summed E-state index contributed by atoms with van der Waals surface area (Å²) in [6.45, 7) is 4.31. The van der Waals surface area contributed by atoms with E-state index < -0.39 is 0 Å². The zero-order valence-corrected chi connectivity index (χ0v) is 11.6. The molecule has 2 aromatic heterocycles. The number of aromatic nitrogens is 2. The predicted octanol–water partition coefficient (Wildman–Crippen LogP) is 2.98. The monoisotopic (exact) mass is 262 g/mol. The number of hydrogen-bond acceptors (Lipinski definition) is 5. The molecule has 0 saturated heterocycles. The second-order valence-corrected chi connectivity index (χ2v) is 6.01. The van der Waals surface area contributed by atoms with Gasteiger partial charge in [0, 0.05) is 10.8 Å². The van der Waals surface area contributed by atoms with Crippen LogP contribution in [0.25, 0.3) is 10.2 Å². The molecule has 18 heavy (non-hydrogen) atoms. The first kappa shape index (κ1) is 11.9. The van der Waals surface area contributed by atoms with Crippen molar-refractivity contribution in [2.24, 2.45) is 5.84 Å². The molecule has 0 spiro atoms. The first-order valence-corrected chi connectivity index (χ1v) is 7.35. The van der Waals surface area contributed by atoms with Crippen molar-refractivity contribution in [1.82, 2.24) is 9.97 Å². The van der Waals surface area contributed by atoms with Crippen LogP contribution in [0, 0.1) is 0 Å². The van der Waals surface area contributed by atoms with Gasteiger partial charge in [-0.25, -0.2) is 15.8 Å². The molecule has 0 radical (unpaired) electrons. The fraction of sp³-hybridized carbons (Fsp3) is 0.538. The minimum absolute atomic E-state index is 0.374. The number of nitrogens with one attached hydrogen (secondary N) is 1. The Morgan fingerprint density at radius 3 is 2.94 bits per heavy atom. The Hall–Kier alpha value is -1.20. The first-order valence-electron chi connectivity index (χ1n) is 6.53. The van der Waals surface area contributed by atoms with Gasteiger partial charge >= 0.3 is 0 Å². The van der Waals surface area contributed by atoms with Gasteiger partial charge in [0.25, 0.3) is 0 Å². The van der Waals surface area contributed by atoms with Gasteiger partial charge in [-0.05, 0) is 31.2 Å². The largest absolute Gasteiger partial charge is 0.308 e. The molecular formula is C13H18N4S. The molecule has 1 unspecified atom stereocenters. The number of nitrogen functional groups attached to an aromatic ring is 1. The number of fused-ring (bicyclic) bond motifs is 3. The average Bonchev–Trinajstić information content (AvgIpc) is 2.96. The predicted molar refractivity (Wildman–Crippen MR) is 76.0 cm³/mol. The first-order chi connectivity index (χ1) is 8.74. The summed E-state index contributed by atoms with van der Waals surface area (Å²) in [5, 5.41) is 1.15. The summed E-state index contributed by atoms with van der Waals surface area (Å²) in [4.78, 5) is 11.9. The highest BCUT2D eigenvalue weighted by Gasteiger charge is 2.22. The third kappa shape index (κ3) is 1.69. The van der Waals surface area contributed by atoms with Crippen LogP contribution in [0.1, 0.15) is 48.9 Å². The maximum Gasteiger partial charge on any atom is 0.152 e. The zero-order chi connectivity index (χ0) is 12.7. The van der Waals surface area contributed by atoms with E-state index in [0.717, 1.165) is 34.7 Å². The number of aryl methyl sites for hydroxylation is 2. The molecule has 3 rings (SSSR count). The Morgan fingerprint density at radius 2 is 2.22 bits per heavy atom. The molecule has 0 aromatic carbocycles. The van der Waals surface area contributed by atoms with E-state index in [1.807, 2.05) is 11.3 Å². The van der Waals surface area contributed by atoms with E-state index in [1.165, 1.54) is 23.3 Å². The summed E-state index contributed by atoms with van der Waals surface area (Å²) in [5.41, 5.74) is 4.18. The topological polar surface area (TPSA) is 63.8 Å². The van der Waals surface area contributed by atoms with Crippen LogP contribution in [0.2, 0.25) is 0 Å². The Labute approximate surface area is 111 Å². The number of hydrogen-bond donors (Lipinski definition) is 2. The number of thiophene rings is 1. The number of nitrogens with two attached hydrogens (primary N) is 1. The van der Waals surface area contributed by atoms with Crippen LogP contribution in [0.3, 0.4) is 0 Å². The number of anilines is 1. The summed E-state index contributed by atoms with van der Waals surface area (Å²) in [6.07, 6.45) is 4.60. The van der Waals surface area contributed by atoms with Gasteiger partial charge in [0.05, 0.1) is 5.39 Å². The molecule has 0 fully saturated rings. The molecule has 2 aromatic rings. The van der Waals surface area contributed by atoms with Gasteiger partial charge in [-0.1, -0.05) is 13.8 Å². The molecule has 1 atom stereocenters. The van der Waals surface area contributed by atoms with E-state index in [0.29, 0.717) is 5.92 Å². The lowest BCUT2D eigenvalue weighted by Crippen LogP contribution is -2.12. The Bertz CT molecular complexity index is 590. The minimum atomic E-state index is 0.374. The number of rotatable bonds is 3. The third-order valence-electron chi connectivity index (χ3n) is 3.77. The Morgan fingerprint density at radius 1 is 1.39 bits per heavy atom.